The number of ether oxygens (including phenoxy) is 1. The Hall–Kier alpha value is -1.15. The van der Waals surface area contributed by atoms with Crippen LogP contribution in [0.25, 0.3) is 0 Å². The summed E-state index contributed by atoms with van der Waals surface area (Å²) in [6.07, 6.45) is 2.18. The van der Waals surface area contributed by atoms with Gasteiger partial charge in [0.25, 0.3) is 0 Å². The van der Waals surface area contributed by atoms with E-state index in [1.165, 1.54) is 5.56 Å². The number of carbonyl (C=O) groups is 1. The zero-order valence-corrected chi connectivity index (χ0v) is 11.2. The summed E-state index contributed by atoms with van der Waals surface area (Å²) in [5, 5.41) is 0. The van der Waals surface area contributed by atoms with Crippen LogP contribution in [0.15, 0.2) is 24.3 Å². The molecule has 0 fully saturated rings. The van der Waals surface area contributed by atoms with Gasteiger partial charge < -0.3 is 4.74 Å². The molecule has 1 aromatic rings. The summed E-state index contributed by atoms with van der Waals surface area (Å²) in [6, 6.07) is 7.85. The highest BCUT2D eigenvalue weighted by Gasteiger charge is 2.28. The van der Waals surface area contributed by atoms with Crippen molar-refractivity contribution in [3.63, 3.8) is 0 Å². The highest BCUT2D eigenvalue weighted by molar-refractivity contribution is 6.01. The van der Waals surface area contributed by atoms with E-state index in [1.54, 1.807) is 0 Å². The minimum atomic E-state index is -0.735. The number of ketones is 1. The van der Waals surface area contributed by atoms with E-state index in [4.69, 9.17) is 4.74 Å². The van der Waals surface area contributed by atoms with Crippen LogP contribution in [0.3, 0.4) is 0 Å². The van der Waals surface area contributed by atoms with E-state index in [-0.39, 0.29) is 5.78 Å². The predicted molar refractivity (Wildman–Crippen MR) is 70.5 cm³/mol. The van der Waals surface area contributed by atoms with Gasteiger partial charge in [0, 0.05) is 12.2 Å². The normalized spacial score (nSPS) is 11.5. The Morgan fingerprint density at radius 1 is 1.18 bits per heavy atom. The third-order valence-corrected chi connectivity index (χ3v) is 2.81. The van der Waals surface area contributed by atoms with Crippen LogP contribution < -0.4 is 0 Å². The number of aryl methyl sites for hydroxylation is 1. The first-order valence-electron chi connectivity index (χ1n) is 6.29. The molecule has 0 aliphatic rings. The van der Waals surface area contributed by atoms with Crippen LogP contribution in [0.4, 0.5) is 0 Å². The first-order chi connectivity index (χ1) is 8.01. The highest BCUT2D eigenvalue weighted by Crippen LogP contribution is 2.18. The van der Waals surface area contributed by atoms with Crippen LogP contribution in [0.2, 0.25) is 0 Å². The fraction of sp³-hybridized carbons (Fsp3) is 0.533. The summed E-state index contributed by atoms with van der Waals surface area (Å²) < 4.78 is 5.47. The topological polar surface area (TPSA) is 26.3 Å². The monoisotopic (exact) mass is 234 g/mol. The van der Waals surface area contributed by atoms with E-state index in [1.807, 2.05) is 45.0 Å². The lowest BCUT2D eigenvalue weighted by molar-refractivity contribution is 0.00126. The van der Waals surface area contributed by atoms with Crippen molar-refractivity contribution in [2.45, 2.75) is 46.1 Å². The Labute approximate surface area is 104 Å². The molecular weight excluding hydrogens is 212 g/mol. The molecule has 0 aliphatic heterocycles. The average molecular weight is 234 g/mol. The molecule has 0 saturated carbocycles. The van der Waals surface area contributed by atoms with E-state index in [0.29, 0.717) is 6.61 Å². The molecule has 0 saturated heterocycles. The lowest BCUT2D eigenvalue weighted by Gasteiger charge is -2.23. The number of benzene rings is 1. The third-order valence-electron chi connectivity index (χ3n) is 2.81. The molecule has 0 heterocycles. The van der Waals surface area contributed by atoms with Crippen molar-refractivity contribution in [2.24, 2.45) is 0 Å². The Morgan fingerprint density at radius 2 is 1.76 bits per heavy atom. The average Bonchev–Trinajstić information content (AvgIpc) is 2.29. The van der Waals surface area contributed by atoms with Crippen LogP contribution in [0, 0.1) is 0 Å². The van der Waals surface area contributed by atoms with Crippen molar-refractivity contribution in [2.75, 3.05) is 6.61 Å². The standard InChI is InChI=1S/C15H22O2/c1-5-7-12-8-10-13(11-9-12)14(16)15(3,4)17-6-2/h8-11H,5-7H2,1-4H3. The molecule has 0 spiro atoms. The van der Waals surface area contributed by atoms with E-state index in [2.05, 4.69) is 6.92 Å². The van der Waals surface area contributed by atoms with Gasteiger partial charge in [0.15, 0.2) is 5.78 Å². The SMILES string of the molecule is CCCc1ccc(C(=O)C(C)(C)OCC)cc1. The second-order valence-electron chi connectivity index (χ2n) is 4.72. The summed E-state index contributed by atoms with van der Waals surface area (Å²) in [7, 11) is 0. The molecule has 0 unspecified atom stereocenters. The minimum Gasteiger partial charge on any atom is -0.368 e. The van der Waals surface area contributed by atoms with Gasteiger partial charge in [-0.2, -0.15) is 0 Å². The van der Waals surface area contributed by atoms with E-state index < -0.39 is 5.60 Å². The molecule has 0 N–H and O–H groups in total. The summed E-state index contributed by atoms with van der Waals surface area (Å²) in [4.78, 5) is 12.2. The first-order valence-corrected chi connectivity index (χ1v) is 6.29. The lowest BCUT2D eigenvalue weighted by atomic mass is 9.95. The molecule has 1 aromatic carbocycles. The molecule has 0 amide bonds. The quantitative estimate of drug-likeness (QED) is 0.702. The largest absolute Gasteiger partial charge is 0.368 e. The Kier molecular flexibility index (Phi) is 4.88. The minimum absolute atomic E-state index is 0.0439. The summed E-state index contributed by atoms with van der Waals surface area (Å²) >= 11 is 0. The summed E-state index contributed by atoms with van der Waals surface area (Å²) in [6.45, 7) is 8.24. The molecule has 0 aliphatic carbocycles. The van der Waals surface area contributed by atoms with Crippen LogP contribution in [0.1, 0.15) is 50.0 Å². The van der Waals surface area contributed by atoms with Crippen LogP contribution >= 0.6 is 0 Å². The number of rotatable bonds is 6. The van der Waals surface area contributed by atoms with Crippen molar-refractivity contribution >= 4 is 5.78 Å². The molecule has 0 atom stereocenters. The van der Waals surface area contributed by atoms with Gasteiger partial charge in [-0.25, -0.2) is 0 Å². The molecule has 0 radical (unpaired) electrons. The Balaban J connectivity index is 2.82. The number of Topliss-reactive ketones (excluding diaryl/α,β-unsaturated/α-hetero) is 1. The zero-order valence-electron chi connectivity index (χ0n) is 11.2. The van der Waals surface area contributed by atoms with Gasteiger partial charge in [-0.05, 0) is 32.8 Å². The van der Waals surface area contributed by atoms with Crippen LogP contribution in [-0.4, -0.2) is 18.0 Å². The molecule has 0 aromatic heterocycles. The van der Waals surface area contributed by atoms with E-state index in [9.17, 15) is 4.79 Å². The molecular formula is C15H22O2. The molecule has 1 rings (SSSR count). The molecule has 2 heteroatoms. The summed E-state index contributed by atoms with van der Waals surface area (Å²) in [5.74, 6) is 0.0439. The maximum Gasteiger partial charge on any atom is 0.194 e. The van der Waals surface area contributed by atoms with Crippen LogP contribution in [0.5, 0.6) is 0 Å². The number of hydrogen-bond acceptors (Lipinski definition) is 2. The predicted octanol–water partition coefficient (Wildman–Crippen LogP) is 3.64. The molecule has 17 heavy (non-hydrogen) atoms. The summed E-state index contributed by atoms with van der Waals surface area (Å²) in [5.41, 5.74) is 1.27. The van der Waals surface area contributed by atoms with Gasteiger partial charge in [0.1, 0.15) is 5.60 Å². The zero-order chi connectivity index (χ0) is 12.9. The lowest BCUT2D eigenvalue weighted by Crippen LogP contribution is -2.35. The van der Waals surface area contributed by atoms with Crippen molar-refractivity contribution in [3.05, 3.63) is 35.4 Å². The maximum atomic E-state index is 12.2. The van der Waals surface area contributed by atoms with Gasteiger partial charge in [-0.1, -0.05) is 37.6 Å². The smallest absolute Gasteiger partial charge is 0.194 e. The van der Waals surface area contributed by atoms with Crippen molar-refractivity contribution in [1.29, 1.82) is 0 Å². The van der Waals surface area contributed by atoms with Gasteiger partial charge >= 0.3 is 0 Å². The van der Waals surface area contributed by atoms with Gasteiger partial charge in [-0.3, -0.25) is 4.79 Å². The highest BCUT2D eigenvalue weighted by atomic mass is 16.5. The Bertz CT molecular complexity index is 363. The van der Waals surface area contributed by atoms with Crippen molar-refractivity contribution in [3.8, 4) is 0 Å². The second kappa shape index (κ2) is 5.97. The Morgan fingerprint density at radius 3 is 2.24 bits per heavy atom. The van der Waals surface area contributed by atoms with Gasteiger partial charge in [-0.15, -0.1) is 0 Å². The van der Waals surface area contributed by atoms with Crippen molar-refractivity contribution in [1.82, 2.24) is 0 Å². The fourth-order valence-electron chi connectivity index (χ4n) is 1.89. The third kappa shape index (κ3) is 3.67. The molecule has 94 valence electrons. The van der Waals surface area contributed by atoms with Gasteiger partial charge in [0.2, 0.25) is 0 Å². The fourth-order valence-corrected chi connectivity index (χ4v) is 1.89. The second-order valence-corrected chi connectivity index (χ2v) is 4.72. The number of hydrogen-bond donors (Lipinski definition) is 0. The van der Waals surface area contributed by atoms with E-state index >= 15 is 0 Å². The molecule has 2 nitrogen and oxygen atoms in total. The van der Waals surface area contributed by atoms with Gasteiger partial charge in [0.05, 0.1) is 0 Å². The van der Waals surface area contributed by atoms with E-state index in [0.717, 1.165) is 18.4 Å². The van der Waals surface area contributed by atoms with Crippen LogP contribution in [-0.2, 0) is 11.2 Å². The van der Waals surface area contributed by atoms with Crippen molar-refractivity contribution < 1.29 is 9.53 Å². The molecule has 0 bridgehead atoms. The maximum absolute atomic E-state index is 12.2. The first kappa shape index (κ1) is 13.9. The number of carbonyl (C=O) groups excluding carboxylic acids is 1.